The van der Waals surface area contributed by atoms with Gasteiger partial charge in [-0.3, -0.25) is 4.98 Å². The molecule has 15 heavy (non-hydrogen) atoms. The molecule has 3 nitrogen and oxygen atoms in total. The Labute approximate surface area is 93.1 Å². The molecule has 6 heteroatoms. The monoisotopic (exact) mass is 271 g/mol. The van der Waals surface area contributed by atoms with Crippen molar-refractivity contribution < 1.29 is 8.78 Å². The maximum Gasteiger partial charge on any atom is 0.281 e. The lowest BCUT2D eigenvalue weighted by atomic mass is 10.1. The summed E-state index contributed by atoms with van der Waals surface area (Å²) in [6.45, 7) is 0. The van der Waals surface area contributed by atoms with Crippen molar-refractivity contribution in [3.63, 3.8) is 0 Å². The molecule has 0 bridgehead atoms. The molecule has 1 heterocycles. The summed E-state index contributed by atoms with van der Waals surface area (Å²) in [5.41, 5.74) is -0.544. The van der Waals surface area contributed by atoms with Crippen molar-refractivity contribution in [3.05, 3.63) is 27.5 Å². The van der Waals surface area contributed by atoms with Crippen molar-refractivity contribution in [1.82, 2.24) is 4.98 Å². The zero-order valence-corrected chi connectivity index (χ0v) is 8.92. The van der Waals surface area contributed by atoms with E-state index in [0.717, 1.165) is 0 Å². The van der Waals surface area contributed by atoms with Crippen LogP contribution in [0, 0.1) is 22.7 Å². The first-order chi connectivity index (χ1) is 7.11. The number of nitrogens with zero attached hydrogens (tertiary/aromatic N) is 3. The molecule has 0 fully saturated rings. The summed E-state index contributed by atoms with van der Waals surface area (Å²) in [5, 5.41) is 17.3. The molecule has 76 valence electrons. The van der Waals surface area contributed by atoms with Crippen molar-refractivity contribution in [2.45, 2.75) is 12.8 Å². The van der Waals surface area contributed by atoms with E-state index in [0.29, 0.717) is 4.47 Å². The highest BCUT2D eigenvalue weighted by Gasteiger charge is 2.19. The highest BCUT2D eigenvalue weighted by atomic mass is 79.9. The number of hydrogen-bond acceptors (Lipinski definition) is 3. The quantitative estimate of drug-likeness (QED) is 0.831. The Morgan fingerprint density at radius 1 is 1.47 bits per heavy atom. The van der Waals surface area contributed by atoms with Crippen LogP contribution in [-0.2, 0) is 6.42 Å². The molecule has 0 spiro atoms. The predicted octanol–water partition coefficient (Wildman–Crippen LogP) is 2.72. The van der Waals surface area contributed by atoms with Crippen LogP contribution in [0.15, 0.2) is 10.7 Å². The molecule has 0 N–H and O–H groups in total. The van der Waals surface area contributed by atoms with Gasteiger partial charge in [-0.2, -0.15) is 10.5 Å². The molecule has 0 aliphatic carbocycles. The zero-order chi connectivity index (χ0) is 11.4. The van der Waals surface area contributed by atoms with Gasteiger partial charge < -0.3 is 0 Å². The summed E-state index contributed by atoms with van der Waals surface area (Å²) in [6.07, 6.45) is -1.74. The van der Waals surface area contributed by atoms with Crippen LogP contribution in [0.1, 0.15) is 23.2 Å². The molecule has 0 aromatic carbocycles. The normalized spacial score (nSPS) is 9.73. The van der Waals surface area contributed by atoms with Crippen molar-refractivity contribution in [3.8, 4) is 12.1 Å². The van der Waals surface area contributed by atoms with Crippen LogP contribution in [0.4, 0.5) is 8.78 Å². The molecule has 1 rings (SSSR count). The van der Waals surface area contributed by atoms with Gasteiger partial charge in [-0.15, -0.1) is 0 Å². The number of pyridine rings is 1. The Morgan fingerprint density at radius 3 is 2.60 bits per heavy atom. The first-order valence-corrected chi connectivity index (χ1v) is 4.63. The van der Waals surface area contributed by atoms with E-state index < -0.39 is 12.1 Å². The van der Waals surface area contributed by atoms with Gasteiger partial charge in [0.2, 0.25) is 0 Å². The third-order valence-electron chi connectivity index (χ3n) is 1.74. The maximum absolute atomic E-state index is 12.5. The predicted molar refractivity (Wildman–Crippen MR) is 50.9 cm³/mol. The fourth-order valence-electron chi connectivity index (χ4n) is 1.08. The molecular weight excluding hydrogens is 268 g/mol. The van der Waals surface area contributed by atoms with Crippen LogP contribution in [0.3, 0.4) is 0 Å². The minimum absolute atomic E-state index is 0.105. The molecule has 0 aliphatic heterocycles. The molecule has 0 unspecified atom stereocenters. The summed E-state index contributed by atoms with van der Waals surface area (Å²) < 4.78 is 25.3. The smallest absolute Gasteiger partial charge is 0.253 e. The van der Waals surface area contributed by atoms with Gasteiger partial charge in [-0.25, -0.2) is 8.78 Å². The Bertz CT molecular complexity index is 460. The van der Waals surface area contributed by atoms with Gasteiger partial charge in [0.05, 0.1) is 18.1 Å². The average Bonchev–Trinajstić information content (AvgIpc) is 2.20. The fourth-order valence-corrected chi connectivity index (χ4v) is 1.53. The van der Waals surface area contributed by atoms with Gasteiger partial charge in [0.15, 0.2) is 0 Å². The van der Waals surface area contributed by atoms with Gasteiger partial charge in [-0.1, -0.05) is 0 Å². The van der Waals surface area contributed by atoms with Gasteiger partial charge in [0.1, 0.15) is 11.8 Å². The topological polar surface area (TPSA) is 60.5 Å². The van der Waals surface area contributed by atoms with E-state index in [1.54, 1.807) is 6.07 Å². The number of halogens is 3. The Kier molecular flexibility index (Phi) is 3.70. The standard InChI is InChI=1S/C9H4BrF2N3/c10-7-4-15-8(9(11)12)6(3-14)5(7)1-2-13/h4,9H,1H2. The second kappa shape index (κ2) is 4.81. The second-order valence-electron chi connectivity index (χ2n) is 2.59. The molecule has 0 radical (unpaired) electrons. The SMILES string of the molecule is N#CCc1c(Br)cnc(C(F)F)c1C#N. The Balaban J connectivity index is 3.43. The summed E-state index contributed by atoms with van der Waals surface area (Å²) in [4.78, 5) is 3.46. The summed E-state index contributed by atoms with van der Waals surface area (Å²) in [6, 6.07) is 3.46. The lowest BCUT2D eigenvalue weighted by molar-refractivity contribution is 0.145. The summed E-state index contributed by atoms with van der Waals surface area (Å²) >= 11 is 3.06. The third kappa shape index (κ3) is 2.28. The minimum Gasteiger partial charge on any atom is -0.253 e. The average molecular weight is 272 g/mol. The Hall–Kier alpha value is -1.53. The molecule has 0 aliphatic rings. The van der Waals surface area contributed by atoms with E-state index in [9.17, 15) is 8.78 Å². The van der Waals surface area contributed by atoms with E-state index in [4.69, 9.17) is 10.5 Å². The van der Waals surface area contributed by atoms with Gasteiger partial charge in [0, 0.05) is 16.2 Å². The fraction of sp³-hybridized carbons (Fsp3) is 0.222. The number of aromatic nitrogens is 1. The summed E-state index contributed by atoms with van der Waals surface area (Å²) in [5.74, 6) is 0. The number of hydrogen-bond donors (Lipinski definition) is 0. The maximum atomic E-state index is 12.5. The molecule has 1 aromatic heterocycles. The molecule has 0 saturated heterocycles. The second-order valence-corrected chi connectivity index (χ2v) is 3.45. The minimum atomic E-state index is -2.81. The molecular formula is C9H4BrF2N3. The molecule has 0 amide bonds. The van der Waals surface area contributed by atoms with Crippen LogP contribution in [0.25, 0.3) is 0 Å². The van der Waals surface area contributed by atoms with Gasteiger partial charge in [-0.05, 0) is 15.9 Å². The van der Waals surface area contributed by atoms with E-state index >= 15 is 0 Å². The first kappa shape index (κ1) is 11.5. The molecule has 0 saturated carbocycles. The van der Waals surface area contributed by atoms with Crippen molar-refractivity contribution >= 4 is 15.9 Å². The van der Waals surface area contributed by atoms with Crippen LogP contribution < -0.4 is 0 Å². The number of rotatable bonds is 2. The lowest BCUT2D eigenvalue weighted by Crippen LogP contribution is -2.01. The largest absolute Gasteiger partial charge is 0.281 e. The van der Waals surface area contributed by atoms with Crippen LogP contribution in [0.5, 0.6) is 0 Å². The van der Waals surface area contributed by atoms with Crippen molar-refractivity contribution in [1.29, 1.82) is 10.5 Å². The van der Waals surface area contributed by atoms with Gasteiger partial charge >= 0.3 is 0 Å². The van der Waals surface area contributed by atoms with Crippen molar-refractivity contribution in [2.24, 2.45) is 0 Å². The number of nitriles is 2. The van der Waals surface area contributed by atoms with Crippen LogP contribution in [0.2, 0.25) is 0 Å². The lowest BCUT2D eigenvalue weighted by Gasteiger charge is -2.07. The van der Waals surface area contributed by atoms with Gasteiger partial charge in [0.25, 0.3) is 6.43 Å². The number of alkyl halides is 2. The van der Waals surface area contributed by atoms with E-state index in [1.807, 2.05) is 6.07 Å². The van der Waals surface area contributed by atoms with Crippen molar-refractivity contribution in [2.75, 3.05) is 0 Å². The van der Waals surface area contributed by atoms with E-state index in [1.165, 1.54) is 6.20 Å². The zero-order valence-electron chi connectivity index (χ0n) is 7.34. The molecule has 0 atom stereocenters. The van der Waals surface area contributed by atoms with Crippen LogP contribution in [-0.4, -0.2) is 4.98 Å². The first-order valence-electron chi connectivity index (χ1n) is 3.84. The molecule has 1 aromatic rings. The highest BCUT2D eigenvalue weighted by molar-refractivity contribution is 9.10. The Morgan fingerprint density at radius 2 is 2.13 bits per heavy atom. The van der Waals surface area contributed by atoms with E-state index in [2.05, 4.69) is 20.9 Å². The third-order valence-corrected chi connectivity index (χ3v) is 2.42. The summed E-state index contributed by atoms with van der Waals surface area (Å²) in [7, 11) is 0. The highest BCUT2D eigenvalue weighted by Crippen LogP contribution is 2.27. The van der Waals surface area contributed by atoms with E-state index in [-0.39, 0.29) is 17.5 Å². The van der Waals surface area contributed by atoms with Crippen LogP contribution >= 0.6 is 15.9 Å².